The van der Waals surface area contributed by atoms with E-state index in [2.05, 4.69) is 25.4 Å². The van der Waals surface area contributed by atoms with E-state index in [9.17, 15) is 5.11 Å². The summed E-state index contributed by atoms with van der Waals surface area (Å²) in [6.45, 7) is -0.343. The summed E-state index contributed by atoms with van der Waals surface area (Å²) in [5.41, 5.74) is 15.5. The lowest BCUT2D eigenvalue weighted by atomic mass is 10.0. The van der Waals surface area contributed by atoms with Crippen LogP contribution in [0.4, 0.5) is 0 Å². The second-order valence-electron chi connectivity index (χ2n) is 4.30. The average Bonchev–Trinajstić information content (AvgIpc) is 2.57. The average molecular weight is 334 g/mol. The van der Waals surface area contributed by atoms with Crippen molar-refractivity contribution in [3.05, 3.63) is 40.0 Å². The van der Waals surface area contributed by atoms with Crippen LogP contribution in [-0.4, -0.2) is 21.8 Å². The van der Waals surface area contributed by atoms with Gasteiger partial charge in [-0.3, -0.25) is 0 Å². The number of fused-ring (bicyclic) bond motifs is 1. The van der Waals surface area contributed by atoms with Gasteiger partial charge >= 0.3 is 0 Å². The fourth-order valence-corrected chi connectivity index (χ4v) is 2.29. The van der Waals surface area contributed by atoms with Gasteiger partial charge in [0.25, 0.3) is 0 Å². The fraction of sp³-hybridized carbons (Fsp3) is 0.0833. The number of aromatic nitrogens is 1. The van der Waals surface area contributed by atoms with Crippen LogP contribution in [0.15, 0.2) is 38.6 Å². The van der Waals surface area contributed by atoms with Crippen LogP contribution in [0, 0.1) is 11.1 Å². The Balaban J connectivity index is 2.80. The molecule has 0 radical (unpaired) electrons. The van der Waals surface area contributed by atoms with Crippen molar-refractivity contribution in [1.82, 2.24) is 4.98 Å². The van der Waals surface area contributed by atoms with Crippen molar-refractivity contribution >= 4 is 34.2 Å². The Morgan fingerprint density at radius 1 is 1.13 bits per heavy atom. The minimum atomic E-state index is -0.343. The molecule has 0 aliphatic heterocycles. The van der Waals surface area contributed by atoms with Crippen LogP contribution < -0.4 is 11.7 Å². The summed E-state index contributed by atoms with van der Waals surface area (Å²) in [7, 11) is 0. The molecule has 118 valence electrons. The molecule has 1 aromatic heterocycles. The highest BCUT2D eigenvalue weighted by Gasteiger charge is 2.15. The normalized spacial score (nSPS) is 12.4. The molecule has 2 aromatic rings. The summed E-state index contributed by atoms with van der Waals surface area (Å²) in [6.07, 6.45) is 0. The summed E-state index contributed by atoms with van der Waals surface area (Å²) < 4.78 is 0. The van der Waals surface area contributed by atoms with Crippen LogP contribution in [0.3, 0.4) is 0 Å². The number of pyridine rings is 1. The molecule has 0 fully saturated rings. The van der Waals surface area contributed by atoms with Gasteiger partial charge in [-0.25, -0.2) is 16.0 Å². The molecule has 1 aromatic carbocycles. The number of amidine groups is 2. The Morgan fingerprint density at radius 3 is 2.30 bits per heavy atom. The molecular weight excluding hydrogens is 322 g/mol. The lowest BCUT2D eigenvalue weighted by Crippen LogP contribution is -2.07. The smallest absolute Gasteiger partial charge is 0.218 e. The van der Waals surface area contributed by atoms with Gasteiger partial charge in [-0.15, -0.1) is 10.2 Å². The third-order valence-corrected chi connectivity index (χ3v) is 3.39. The van der Waals surface area contributed by atoms with E-state index in [1.54, 1.807) is 12.1 Å². The summed E-state index contributed by atoms with van der Waals surface area (Å²) in [4.78, 5) is 4.27. The number of halogens is 1. The zero-order valence-electron chi connectivity index (χ0n) is 11.7. The van der Waals surface area contributed by atoms with Gasteiger partial charge in [0, 0.05) is 10.9 Å². The predicted molar refractivity (Wildman–Crippen MR) is 84.4 cm³/mol. The highest BCUT2D eigenvalue weighted by molar-refractivity contribution is 6.36. The Hall–Kier alpha value is -2.98. The van der Waals surface area contributed by atoms with Gasteiger partial charge in [-0.2, -0.15) is 10.2 Å². The van der Waals surface area contributed by atoms with Gasteiger partial charge in [0.1, 0.15) is 5.69 Å². The van der Waals surface area contributed by atoms with Crippen molar-refractivity contribution in [2.75, 3.05) is 0 Å². The van der Waals surface area contributed by atoms with E-state index >= 15 is 0 Å². The number of benzene rings is 1. The molecule has 0 saturated carbocycles. The number of hydrogen-bond acceptors (Lipinski definition) is 8. The number of nitrogens with two attached hydrogens (primary N) is 2. The second kappa shape index (κ2) is 6.85. The summed E-state index contributed by atoms with van der Waals surface area (Å²) in [5, 5.41) is 23.5. The SMILES string of the molecule is N=NC(=NN)c1cc(Cl)c2cc(C(N=N)=NN)c(CO)cc2n1. The molecule has 0 aliphatic carbocycles. The maximum absolute atomic E-state index is 9.51. The maximum Gasteiger partial charge on any atom is 0.218 e. The number of aliphatic hydroxyl groups is 1. The molecule has 0 atom stereocenters. The molecule has 0 amide bonds. The van der Waals surface area contributed by atoms with Crippen molar-refractivity contribution in [3.8, 4) is 0 Å². The van der Waals surface area contributed by atoms with Crippen molar-refractivity contribution in [3.63, 3.8) is 0 Å². The van der Waals surface area contributed by atoms with Crippen LogP contribution in [0.5, 0.6) is 0 Å². The molecule has 0 spiro atoms. The largest absolute Gasteiger partial charge is 0.392 e. The number of hydrogen-bond donors (Lipinski definition) is 5. The Morgan fingerprint density at radius 2 is 1.78 bits per heavy atom. The van der Waals surface area contributed by atoms with Gasteiger partial charge in [-0.1, -0.05) is 11.6 Å². The first-order valence-electron chi connectivity index (χ1n) is 6.15. The molecule has 1 heterocycles. The summed E-state index contributed by atoms with van der Waals surface area (Å²) in [6, 6.07) is 4.57. The number of rotatable bonds is 3. The van der Waals surface area contributed by atoms with E-state index in [1.807, 2.05) is 0 Å². The third-order valence-electron chi connectivity index (χ3n) is 3.08. The zero-order chi connectivity index (χ0) is 17.0. The molecule has 0 aliphatic rings. The van der Waals surface area contributed by atoms with E-state index in [0.29, 0.717) is 27.1 Å². The van der Waals surface area contributed by atoms with Gasteiger partial charge in [0.15, 0.2) is 5.84 Å². The molecule has 10 nitrogen and oxygen atoms in total. The molecular formula is C12H12ClN9O. The van der Waals surface area contributed by atoms with E-state index in [0.717, 1.165) is 0 Å². The van der Waals surface area contributed by atoms with Crippen LogP contribution in [0.25, 0.3) is 10.9 Å². The minimum Gasteiger partial charge on any atom is -0.392 e. The first kappa shape index (κ1) is 16.4. The monoisotopic (exact) mass is 333 g/mol. The second-order valence-corrected chi connectivity index (χ2v) is 4.71. The van der Waals surface area contributed by atoms with Crippen LogP contribution in [-0.2, 0) is 6.61 Å². The quantitative estimate of drug-likeness (QED) is 0.188. The zero-order valence-corrected chi connectivity index (χ0v) is 12.4. The molecule has 23 heavy (non-hydrogen) atoms. The van der Waals surface area contributed by atoms with Crippen molar-refractivity contribution in [1.29, 1.82) is 11.1 Å². The summed E-state index contributed by atoms with van der Waals surface area (Å²) >= 11 is 6.23. The Kier molecular flexibility index (Phi) is 4.88. The Labute approximate surface area is 134 Å². The molecule has 2 rings (SSSR count). The number of aliphatic hydroxyl groups excluding tert-OH is 1. The number of nitrogens with one attached hydrogen (secondary N) is 2. The predicted octanol–water partition coefficient (Wildman–Crippen LogP) is 1.68. The van der Waals surface area contributed by atoms with Gasteiger partial charge in [-0.05, 0) is 23.8 Å². The lowest BCUT2D eigenvalue weighted by molar-refractivity contribution is 0.282. The maximum atomic E-state index is 9.51. The van der Waals surface area contributed by atoms with E-state index in [-0.39, 0.29) is 24.0 Å². The lowest BCUT2D eigenvalue weighted by Gasteiger charge is -2.10. The van der Waals surface area contributed by atoms with Gasteiger partial charge in [0.05, 0.1) is 17.1 Å². The fourth-order valence-electron chi connectivity index (χ4n) is 2.04. The highest BCUT2D eigenvalue weighted by Crippen LogP contribution is 2.27. The van der Waals surface area contributed by atoms with Crippen molar-refractivity contribution in [2.24, 2.45) is 32.1 Å². The molecule has 7 N–H and O–H groups in total. The van der Waals surface area contributed by atoms with Gasteiger partial charge < -0.3 is 16.8 Å². The molecule has 0 saturated heterocycles. The van der Waals surface area contributed by atoms with E-state index in [1.165, 1.54) is 6.07 Å². The standard InChI is InChI=1S/C12H12ClN9O/c13-8-3-10(12(21-16)22-17)18-9-1-5(4-23)6(2-7(8)9)11(19-14)20-15/h1-3,14,16,23H,4,15,17H2. The third kappa shape index (κ3) is 2.98. The molecule has 11 heteroatoms. The summed E-state index contributed by atoms with van der Waals surface area (Å²) in [5.74, 6) is 10.2. The van der Waals surface area contributed by atoms with Crippen LogP contribution in [0.2, 0.25) is 5.02 Å². The van der Waals surface area contributed by atoms with Crippen LogP contribution in [0.1, 0.15) is 16.8 Å². The van der Waals surface area contributed by atoms with E-state index in [4.69, 9.17) is 34.3 Å². The first-order valence-corrected chi connectivity index (χ1v) is 6.52. The van der Waals surface area contributed by atoms with Crippen molar-refractivity contribution in [2.45, 2.75) is 6.61 Å². The molecule has 0 bridgehead atoms. The minimum absolute atomic E-state index is 0.0542. The Bertz CT molecular complexity index is 846. The first-order chi connectivity index (χ1) is 11.1. The highest BCUT2D eigenvalue weighted by atomic mass is 35.5. The molecule has 0 unspecified atom stereocenters. The number of nitrogens with zero attached hydrogens (tertiary/aromatic N) is 5. The van der Waals surface area contributed by atoms with Gasteiger partial charge in [0.2, 0.25) is 5.84 Å². The van der Waals surface area contributed by atoms with Crippen molar-refractivity contribution < 1.29 is 5.11 Å². The number of hydrazone groups is 2. The topological polar surface area (TPSA) is 182 Å². The van der Waals surface area contributed by atoms with Crippen LogP contribution >= 0.6 is 11.6 Å². The van der Waals surface area contributed by atoms with E-state index < -0.39 is 0 Å².